The number of nitro benzene ring substituents is 1. The molecular weight excluding hydrogens is 256 g/mol. The van der Waals surface area contributed by atoms with Crippen molar-refractivity contribution >= 4 is 11.4 Å². The van der Waals surface area contributed by atoms with E-state index in [4.69, 9.17) is 5.11 Å². The molecule has 2 rings (SSSR count). The number of nitro groups is 1. The highest BCUT2D eigenvalue weighted by Gasteiger charge is 2.26. The molecule has 1 fully saturated rings. The summed E-state index contributed by atoms with van der Waals surface area (Å²) in [6.45, 7) is 6.02. The summed E-state index contributed by atoms with van der Waals surface area (Å²) in [6.07, 6.45) is 3.23. The van der Waals surface area contributed by atoms with E-state index in [2.05, 4.69) is 18.7 Å². The fourth-order valence-corrected chi connectivity index (χ4v) is 2.74. The minimum absolute atomic E-state index is 0.0938. The molecule has 0 unspecified atom stereocenters. The Morgan fingerprint density at radius 3 is 2.75 bits per heavy atom. The predicted molar refractivity (Wildman–Crippen MR) is 78.9 cm³/mol. The van der Waals surface area contributed by atoms with Crippen molar-refractivity contribution in [1.82, 2.24) is 0 Å². The number of benzene rings is 1. The molecule has 0 aliphatic carbocycles. The molecule has 1 heterocycles. The first kappa shape index (κ1) is 14.8. The summed E-state index contributed by atoms with van der Waals surface area (Å²) in [5, 5.41) is 20.4. The molecule has 5 nitrogen and oxygen atoms in total. The van der Waals surface area contributed by atoms with Crippen LogP contribution in [-0.2, 0) is 6.61 Å². The summed E-state index contributed by atoms with van der Waals surface area (Å²) in [5.41, 5.74) is 1.64. The lowest BCUT2D eigenvalue weighted by Crippen LogP contribution is -2.25. The largest absolute Gasteiger partial charge is 0.392 e. The topological polar surface area (TPSA) is 66.6 Å². The molecular formula is C15H22N2O3. The maximum atomic E-state index is 11.2. The van der Waals surface area contributed by atoms with Crippen LogP contribution in [0.25, 0.3) is 0 Å². The number of anilines is 1. The van der Waals surface area contributed by atoms with E-state index < -0.39 is 0 Å². The summed E-state index contributed by atoms with van der Waals surface area (Å²) in [5.74, 6) is 0. The number of hydrogen-bond acceptors (Lipinski definition) is 4. The number of nitrogens with zero attached hydrogens (tertiary/aromatic N) is 2. The molecule has 1 N–H and O–H groups in total. The van der Waals surface area contributed by atoms with Gasteiger partial charge in [0.2, 0.25) is 0 Å². The van der Waals surface area contributed by atoms with E-state index in [0.717, 1.165) is 32.4 Å². The Morgan fingerprint density at radius 1 is 1.35 bits per heavy atom. The van der Waals surface area contributed by atoms with Gasteiger partial charge in [-0.2, -0.15) is 0 Å². The summed E-state index contributed by atoms with van der Waals surface area (Å²) in [4.78, 5) is 13.0. The third kappa shape index (κ3) is 3.28. The summed E-state index contributed by atoms with van der Waals surface area (Å²) >= 11 is 0. The first-order valence-corrected chi connectivity index (χ1v) is 7.06. The quantitative estimate of drug-likeness (QED) is 0.681. The van der Waals surface area contributed by atoms with Gasteiger partial charge in [0.15, 0.2) is 0 Å². The lowest BCUT2D eigenvalue weighted by Gasteiger charge is -2.24. The summed E-state index contributed by atoms with van der Waals surface area (Å²) < 4.78 is 0. The second-order valence-electron chi connectivity index (χ2n) is 6.24. The molecule has 1 aromatic carbocycles. The standard InChI is InChI=1S/C15H22N2O3/c1-15(2)6-3-8-16(9-7-15)13-5-4-12(11-18)10-14(13)17(19)20/h4-5,10,18H,3,6-9,11H2,1-2H3. The molecule has 0 amide bonds. The molecule has 5 heteroatoms. The minimum Gasteiger partial charge on any atom is -0.392 e. The van der Waals surface area contributed by atoms with Crippen molar-refractivity contribution in [3.63, 3.8) is 0 Å². The van der Waals surface area contributed by atoms with E-state index >= 15 is 0 Å². The number of rotatable bonds is 3. The van der Waals surface area contributed by atoms with E-state index in [9.17, 15) is 10.1 Å². The van der Waals surface area contributed by atoms with Crippen LogP contribution in [0, 0.1) is 15.5 Å². The third-order valence-corrected chi connectivity index (χ3v) is 4.10. The van der Waals surface area contributed by atoms with Gasteiger partial charge >= 0.3 is 0 Å². The number of aliphatic hydroxyl groups excluding tert-OH is 1. The second-order valence-corrected chi connectivity index (χ2v) is 6.24. The second kappa shape index (κ2) is 5.79. The molecule has 110 valence electrons. The Balaban J connectivity index is 2.29. The maximum Gasteiger partial charge on any atom is 0.292 e. The van der Waals surface area contributed by atoms with Gasteiger partial charge in [0.05, 0.1) is 11.5 Å². The first-order chi connectivity index (χ1) is 9.43. The minimum atomic E-state index is -0.357. The van der Waals surface area contributed by atoms with Crippen LogP contribution in [0.3, 0.4) is 0 Å². The maximum absolute atomic E-state index is 11.2. The van der Waals surface area contributed by atoms with Gasteiger partial charge in [0.1, 0.15) is 5.69 Å². The predicted octanol–water partition coefficient (Wildman–Crippen LogP) is 3.10. The van der Waals surface area contributed by atoms with Gasteiger partial charge in [-0.3, -0.25) is 10.1 Å². The third-order valence-electron chi connectivity index (χ3n) is 4.10. The highest BCUT2D eigenvalue weighted by molar-refractivity contribution is 5.64. The Labute approximate surface area is 119 Å². The monoisotopic (exact) mass is 278 g/mol. The van der Waals surface area contributed by atoms with Crippen LogP contribution in [0.1, 0.15) is 38.7 Å². The van der Waals surface area contributed by atoms with E-state index in [1.54, 1.807) is 12.1 Å². The number of hydrogen-bond donors (Lipinski definition) is 1. The van der Waals surface area contributed by atoms with Gasteiger partial charge in [0.25, 0.3) is 5.69 Å². The van der Waals surface area contributed by atoms with Gasteiger partial charge in [-0.1, -0.05) is 19.9 Å². The molecule has 0 saturated carbocycles. The Bertz CT molecular complexity index is 500. The van der Waals surface area contributed by atoms with E-state index in [1.165, 1.54) is 6.07 Å². The molecule has 0 spiro atoms. The normalized spacial score (nSPS) is 18.6. The van der Waals surface area contributed by atoms with Crippen LogP contribution >= 0.6 is 0 Å². The molecule has 1 aliphatic rings. The Morgan fingerprint density at radius 2 is 2.10 bits per heavy atom. The van der Waals surface area contributed by atoms with Gasteiger partial charge < -0.3 is 10.0 Å². The van der Waals surface area contributed by atoms with Crippen LogP contribution in [0.4, 0.5) is 11.4 Å². The molecule has 1 aliphatic heterocycles. The molecule has 0 radical (unpaired) electrons. The SMILES string of the molecule is CC1(C)CCCN(c2ccc(CO)cc2[N+](=O)[O-])CC1. The fourth-order valence-electron chi connectivity index (χ4n) is 2.74. The van der Waals surface area contributed by atoms with Crippen LogP contribution in [0.15, 0.2) is 18.2 Å². The zero-order valence-electron chi connectivity index (χ0n) is 12.1. The van der Waals surface area contributed by atoms with Crippen molar-refractivity contribution in [3.05, 3.63) is 33.9 Å². The van der Waals surface area contributed by atoms with Crippen LogP contribution < -0.4 is 4.90 Å². The first-order valence-electron chi connectivity index (χ1n) is 7.06. The lowest BCUT2D eigenvalue weighted by atomic mass is 9.85. The smallest absolute Gasteiger partial charge is 0.292 e. The Kier molecular flexibility index (Phi) is 4.28. The zero-order valence-corrected chi connectivity index (χ0v) is 12.1. The summed E-state index contributed by atoms with van der Waals surface area (Å²) in [6, 6.07) is 5.01. The molecule has 20 heavy (non-hydrogen) atoms. The highest BCUT2D eigenvalue weighted by Crippen LogP contribution is 2.35. The molecule has 0 atom stereocenters. The lowest BCUT2D eigenvalue weighted by molar-refractivity contribution is -0.384. The van der Waals surface area contributed by atoms with Crippen LogP contribution in [-0.4, -0.2) is 23.1 Å². The van der Waals surface area contributed by atoms with Crippen molar-refractivity contribution in [2.45, 2.75) is 39.7 Å². The summed E-state index contributed by atoms with van der Waals surface area (Å²) in [7, 11) is 0. The van der Waals surface area contributed by atoms with Gasteiger partial charge in [0, 0.05) is 19.2 Å². The molecule has 1 saturated heterocycles. The van der Waals surface area contributed by atoms with Crippen LogP contribution in [0.2, 0.25) is 0 Å². The van der Waals surface area contributed by atoms with Gasteiger partial charge in [-0.05, 0) is 36.3 Å². The Hall–Kier alpha value is -1.62. The molecule has 0 bridgehead atoms. The van der Waals surface area contributed by atoms with Crippen LogP contribution in [0.5, 0.6) is 0 Å². The van der Waals surface area contributed by atoms with Crippen molar-refractivity contribution < 1.29 is 10.0 Å². The van der Waals surface area contributed by atoms with Gasteiger partial charge in [-0.25, -0.2) is 0 Å². The number of aliphatic hydroxyl groups is 1. The average Bonchev–Trinajstić information content (AvgIpc) is 2.59. The van der Waals surface area contributed by atoms with Gasteiger partial charge in [-0.15, -0.1) is 0 Å². The molecule has 1 aromatic rings. The van der Waals surface area contributed by atoms with E-state index in [1.807, 2.05) is 0 Å². The van der Waals surface area contributed by atoms with Crippen molar-refractivity contribution in [2.75, 3.05) is 18.0 Å². The highest BCUT2D eigenvalue weighted by atomic mass is 16.6. The fraction of sp³-hybridized carbons (Fsp3) is 0.600. The van der Waals surface area contributed by atoms with Crippen molar-refractivity contribution in [1.29, 1.82) is 0 Å². The van der Waals surface area contributed by atoms with E-state index in [0.29, 0.717) is 16.7 Å². The van der Waals surface area contributed by atoms with Crippen molar-refractivity contribution in [2.24, 2.45) is 5.41 Å². The van der Waals surface area contributed by atoms with Crippen molar-refractivity contribution in [3.8, 4) is 0 Å². The van der Waals surface area contributed by atoms with E-state index in [-0.39, 0.29) is 17.2 Å². The zero-order chi connectivity index (χ0) is 14.8. The average molecular weight is 278 g/mol. The molecule has 0 aromatic heterocycles.